The van der Waals surface area contributed by atoms with Gasteiger partial charge in [-0.15, -0.1) is 0 Å². The monoisotopic (exact) mass is 439 g/mol. The first-order valence-electron chi connectivity index (χ1n) is 10.5. The second kappa shape index (κ2) is 9.04. The van der Waals surface area contributed by atoms with Crippen LogP contribution in [0.2, 0.25) is 0 Å². The molecule has 0 unspecified atom stereocenters. The van der Waals surface area contributed by atoms with Gasteiger partial charge in [0, 0.05) is 18.2 Å². The van der Waals surface area contributed by atoms with E-state index >= 15 is 0 Å². The van der Waals surface area contributed by atoms with Crippen LogP contribution in [0.4, 0.5) is 0 Å². The SMILES string of the molecule is CON=C1C[C@@H](c2noc(-c3ccccn3)n2)N(C(=O)c2ccc(-c3ccccc3)cc2)C1. The van der Waals surface area contributed by atoms with Gasteiger partial charge in [-0.2, -0.15) is 4.98 Å². The Morgan fingerprint density at radius 3 is 2.52 bits per heavy atom. The zero-order valence-corrected chi connectivity index (χ0v) is 18.0. The number of hydrogen-bond acceptors (Lipinski definition) is 7. The minimum atomic E-state index is -0.415. The van der Waals surface area contributed by atoms with E-state index in [0.717, 1.165) is 16.8 Å². The second-order valence-electron chi connectivity index (χ2n) is 7.61. The molecule has 2 aromatic heterocycles. The van der Waals surface area contributed by atoms with Crippen LogP contribution in [-0.4, -0.2) is 45.3 Å². The predicted molar refractivity (Wildman–Crippen MR) is 122 cm³/mol. The number of carbonyl (C=O) groups is 1. The van der Waals surface area contributed by atoms with Crippen molar-refractivity contribution in [3.63, 3.8) is 0 Å². The Kier molecular flexibility index (Phi) is 5.63. The van der Waals surface area contributed by atoms with E-state index in [0.29, 0.717) is 35.9 Å². The van der Waals surface area contributed by atoms with Crippen molar-refractivity contribution in [2.24, 2.45) is 5.16 Å². The van der Waals surface area contributed by atoms with Crippen molar-refractivity contribution in [2.75, 3.05) is 13.7 Å². The number of carbonyl (C=O) groups excluding carboxylic acids is 1. The molecule has 1 fully saturated rings. The number of pyridine rings is 1. The summed E-state index contributed by atoms with van der Waals surface area (Å²) in [6.45, 7) is 0.325. The minimum absolute atomic E-state index is 0.134. The van der Waals surface area contributed by atoms with Crippen LogP contribution >= 0.6 is 0 Å². The number of amides is 1. The summed E-state index contributed by atoms with van der Waals surface area (Å²) in [5.74, 6) is 0.582. The van der Waals surface area contributed by atoms with E-state index in [4.69, 9.17) is 9.36 Å². The average Bonchev–Trinajstić information content (AvgIpc) is 3.53. The maximum absolute atomic E-state index is 13.4. The van der Waals surface area contributed by atoms with Gasteiger partial charge >= 0.3 is 0 Å². The van der Waals surface area contributed by atoms with Gasteiger partial charge in [-0.05, 0) is 35.4 Å². The molecule has 0 radical (unpaired) electrons. The molecule has 3 heterocycles. The molecule has 0 aliphatic carbocycles. The van der Waals surface area contributed by atoms with Gasteiger partial charge in [0.05, 0.1) is 12.3 Å². The molecule has 1 amide bonds. The molecule has 0 spiro atoms. The number of aromatic nitrogens is 3. The molecule has 4 aromatic rings. The molecule has 1 saturated heterocycles. The van der Waals surface area contributed by atoms with Gasteiger partial charge in [0.25, 0.3) is 11.8 Å². The summed E-state index contributed by atoms with van der Waals surface area (Å²) in [5, 5.41) is 8.20. The molecule has 33 heavy (non-hydrogen) atoms. The van der Waals surface area contributed by atoms with Crippen LogP contribution < -0.4 is 0 Å². The highest BCUT2D eigenvalue weighted by atomic mass is 16.6. The van der Waals surface area contributed by atoms with Crippen molar-refractivity contribution in [2.45, 2.75) is 12.5 Å². The molecule has 0 bridgehead atoms. The van der Waals surface area contributed by atoms with E-state index in [1.54, 1.807) is 17.2 Å². The fourth-order valence-corrected chi connectivity index (χ4v) is 3.91. The Morgan fingerprint density at radius 2 is 1.79 bits per heavy atom. The van der Waals surface area contributed by atoms with Crippen LogP contribution in [0.25, 0.3) is 22.7 Å². The molecule has 0 N–H and O–H groups in total. The van der Waals surface area contributed by atoms with Crippen molar-refractivity contribution in [1.82, 2.24) is 20.0 Å². The predicted octanol–water partition coefficient (Wildman–Crippen LogP) is 4.39. The highest BCUT2D eigenvalue weighted by Gasteiger charge is 2.38. The molecule has 1 aliphatic heterocycles. The molecule has 8 nitrogen and oxygen atoms in total. The van der Waals surface area contributed by atoms with Gasteiger partial charge in [-0.1, -0.05) is 58.8 Å². The summed E-state index contributed by atoms with van der Waals surface area (Å²) in [6.07, 6.45) is 2.12. The summed E-state index contributed by atoms with van der Waals surface area (Å²) in [6, 6.07) is 22.6. The Morgan fingerprint density at radius 1 is 1.03 bits per heavy atom. The van der Waals surface area contributed by atoms with Gasteiger partial charge in [0.15, 0.2) is 5.82 Å². The van der Waals surface area contributed by atoms with Crippen LogP contribution in [0.5, 0.6) is 0 Å². The molecule has 2 aromatic carbocycles. The summed E-state index contributed by atoms with van der Waals surface area (Å²) >= 11 is 0. The first-order chi connectivity index (χ1) is 16.2. The number of benzene rings is 2. The molecule has 0 saturated carbocycles. The fourth-order valence-electron chi connectivity index (χ4n) is 3.91. The highest BCUT2D eigenvalue weighted by molar-refractivity contribution is 6.00. The van der Waals surface area contributed by atoms with Crippen molar-refractivity contribution in [1.29, 1.82) is 0 Å². The first kappa shape index (κ1) is 20.6. The second-order valence-corrected chi connectivity index (χ2v) is 7.61. The van der Waals surface area contributed by atoms with Crippen molar-refractivity contribution in [3.8, 4) is 22.7 Å². The molecular weight excluding hydrogens is 418 g/mol. The Balaban J connectivity index is 1.42. The number of nitrogens with zero attached hydrogens (tertiary/aromatic N) is 5. The third-order valence-corrected chi connectivity index (χ3v) is 5.50. The third-order valence-electron chi connectivity index (χ3n) is 5.50. The lowest BCUT2D eigenvalue weighted by atomic mass is 10.0. The maximum Gasteiger partial charge on any atom is 0.276 e. The summed E-state index contributed by atoms with van der Waals surface area (Å²) in [4.78, 5) is 28.8. The minimum Gasteiger partial charge on any atom is -0.399 e. The Labute approximate surface area is 190 Å². The zero-order chi connectivity index (χ0) is 22.6. The van der Waals surface area contributed by atoms with Gasteiger partial charge in [0.2, 0.25) is 0 Å². The standard InChI is InChI=1S/C25H21N5O3/c1-32-28-20-15-22(23-27-24(33-29-23)21-9-5-6-14-26-21)30(16-20)25(31)19-12-10-18(11-13-19)17-7-3-2-4-8-17/h2-14,22H,15-16H2,1H3/t22-/m0/s1. The lowest BCUT2D eigenvalue weighted by Gasteiger charge is -2.21. The Hall–Kier alpha value is -4.33. The first-order valence-corrected chi connectivity index (χ1v) is 10.5. The zero-order valence-electron chi connectivity index (χ0n) is 18.0. The van der Waals surface area contributed by atoms with E-state index in [9.17, 15) is 4.79 Å². The topological polar surface area (TPSA) is 93.7 Å². The number of likely N-dealkylation sites (tertiary alicyclic amines) is 1. The third kappa shape index (κ3) is 4.23. The van der Waals surface area contributed by atoms with E-state index in [1.807, 2.05) is 66.7 Å². The van der Waals surface area contributed by atoms with Crippen molar-refractivity contribution < 1.29 is 14.2 Å². The van der Waals surface area contributed by atoms with Crippen molar-refractivity contribution >= 4 is 11.6 Å². The van der Waals surface area contributed by atoms with Gasteiger partial charge in [0.1, 0.15) is 18.8 Å². The van der Waals surface area contributed by atoms with Gasteiger partial charge in [-0.25, -0.2) is 0 Å². The normalized spacial score (nSPS) is 16.8. The van der Waals surface area contributed by atoms with Crippen LogP contribution in [-0.2, 0) is 4.84 Å². The summed E-state index contributed by atoms with van der Waals surface area (Å²) in [7, 11) is 1.49. The lowest BCUT2D eigenvalue weighted by Crippen LogP contribution is -2.31. The number of oxime groups is 1. The van der Waals surface area contributed by atoms with E-state index < -0.39 is 6.04 Å². The Bertz CT molecular complexity index is 1270. The van der Waals surface area contributed by atoms with E-state index in [-0.39, 0.29) is 5.91 Å². The number of rotatable bonds is 5. The van der Waals surface area contributed by atoms with Crippen LogP contribution in [0, 0.1) is 0 Å². The van der Waals surface area contributed by atoms with Crippen molar-refractivity contribution in [3.05, 3.63) is 90.4 Å². The molecule has 1 atom stereocenters. The largest absolute Gasteiger partial charge is 0.399 e. The smallest absolute Gasteiger partial charge is 0.276 e. The van der Waals surface area contributed by atoms with Gasteiger partial charge < -0.3 is 14.3 Å². The van der Waals surface area contributed by atoms with E-state index in [1.165, 1.54) is 7.11 Å². The quantitative estimate of drug-likeness (QED) is 0.428. The van der Waals surface area contributed by atoms with Crippen LogP contribution in [0.15, 0.2) is 88.7 Å². The molecule has 1 aliphatic rings. The average molecular weight is 439 g/mol. The van der Waals surface area contributed by atoms with E-state index in [2.05, 4.69) is 20.3 Å². The molecule has 5 rings (SSSR count). The molecular formula is C25H21N5O3. The number of hydrogen-bond donors (Lipinski definition) is 0. The van der Waals surface area contributed by atoms with Gasteiger partial charge in [-0.3, -0.25) is 9.78 Å². The maximum atomic E-state index is 13.4. The lowest BCUT2D eigenvalue weighted by molar-refractivity contribution is 0.0732. The van der Waals surface area contributed by atoms with Crippen LogP contribution in [0.3, 0.4) is 0 Å². The summed E-state index contributed by atoms with van der Waals surface area (Å²) < 4.78 is 5.42. The van der Waals surface area contributed by atoms with Crippen LogP contribution in [0.1, 0.15) is 28.6 Å². The molecule has 164 valence electrons. The highest BCUT2D eigenvalue weighted by Crippen LogP contribution is 2.32. The summed E-state index contributed by atoms with van der Waals surface area (Å²) in [5.41, 5.74) is 4.03. The fraction of sp³-hybridized carbons (Fsp3) is 0.160. The molecule has 8 heteroatoms.